The number of rotatable bonds is 12. The molecule has 0 spiro atoms. The van der Waals surface area contributed by atoms with E-state index in [0.29, 0.717) is 0 Å². The molecule has 298 valence electrons. The zero-order chi connectivity index (χ0) is 42.1. The first-order valence-electron chi connectivity index (χ1n) is 21.0. The molecule has 0 bridgehead atoms. The zero-order valence-electron chi connectivity index (χ0n) is 34.9. The topological polar surface area (TPSA) is 18.5 Å². The molecule has 9 aromatic rings. The Morgan fingerprint density at radius 1 is 0.290 bits per heavy atom. The third-order valence-electron chi connectivity index (χ3n) is 11.4. The maximum Gasteiger partial charge on any atom is 0.118 e. The highest BCUT2D eigenvalue weighted by molar-refractivity contribution is 6.14. The summed E-state index contributed by atoms with van der Waals surface area (Å²) in [5.74, 6) is 1.68. The van der Waals surface area contributed by atoms with Crippen LogP contribution < -0.4 is 9.47 Å². The van der Waals surface area contributed by atoms with E-state index in [9.17, 15) is 0 Å². The molecule has 0 aliphatic carbocycles. The molecular formula is C60H46O2. The van der Waals surface area contributed by atoms with Crippen LogP contribution in [0.2, 0.25) is 0 Å². The molecule has 0 saturated heterocycles. The third-order valence-corrected chi connectivity index (χ3v) is 11.4. The predicted molar refractivity (Wildman–Crippen MR) is 265 cm³/mol. The molecular weight excluding hydrogens is 753 g/mol. The molecule has 0 fully saturated rings. The molecule has 9 rings (SSSR count). The van der Waals surface area contributed by atoms with E-state index in [1.807, 2.05) is 24.3 Å². The Kier molecular flexibility index (Phi) is 11.8. The van der Waals surface area contributed by atoms with Crippen molar-refractivity contribution in [2.45, 2.75) is 0 Å². The molecule has 0 radical (unpaired) electrons. The molecule has 0 aliphatic heterocycles. The Bertz CT molecular complexity index is 2830. The van der Waals surface area contributed by atoms with Crippen molar-refractivity contribution in [1.82, 2.24) is 0 Å². The van der Waals surface area contributed by atoms with Crippen molar-refractivity contribution in [2.24, 2.45) is 0 Å². The highest BCUT2D eigenvalue weighted by Gasteiger charge is 2.13. The monoisotopic (exact) mass is 798 g/mol. The van der Waals surface area contributed by atoms with Crippen LogP contribution in [-0.4, -0.2) is 14.2 Å². The SMILES string of the molecule is COc1ccc(/C(=C\c2ccccc2C=Cc2c3ccccc3c(C=Cc3ccccc3/C=C(/c3ccccc3)c3ccc(OC)cc3)c3ccccc23)c2ccccc2)cc1. The predicted octanol–water partition coefficient (Wildman–Crippen LogP) is 15.5. The Labute approximate surface area is 364 Å². The fraction of sp³-hybridized carbons (Fsp3) is 0.0333. The second kappa shape index (κ2) is 18.5. The lowest BCUT2D eigenvalue weighted by Crippen LogP contribution is -1.91. The maximum atomic E-state index is 5.48. The van der Waals surface area contributed by atoms with Gasteiger partial charge in [0, 0.05) is 0 Å². The van der Waals surface area contributed by atoms with E-state index in [2.05, 4.69) is 218 Å². The van der Waals surface area contributed by atoms with Gasteiger partial charge in [-0.3, -0.25) is 0 Å². The molecule has 9 aromatic carbocycles. The number of hydrogen-bond donors (Lipinski definition) is 0. The number of fused-ring (bicyclic) bond motifs is 2. The largest absolute Gasteiger partial charge is 0.497 e. The summed E-state index contributed by atoms with van der Waals surface area (Å²) in [6, 6.07) is 72.6. The van der Waals surface area contributed by atoms with Crippen LogP contribution in [-0.2, 0) is 0 Å². The normalized spacial score (nSPS) is 12.1. The van der Waals surface area contributed by atoms with E-state index in [1.54, 1.807) is 14.2 Å². The van der Waals surface area contributed by atoms with Crippen LogP contribution in [0.4, 0.5) is 0 Å². The van der Waals surface area contributed by atoms with E-state index in [4.69, 9.17) is 9.47 Å². The lowest BCUT2D eigenvalue weighted by molar-refractivity contribution is 0.414. The minimum atomic E-state index is 0.839. The minimum absolute atomic E-state index is 0.839. The fourth-order valence-corrected chi connectivity index (χ4v) is 8.24. The quantitative estimate of drug-likeness (QED) is 0.0905. The number of ether oxygens (including phenoxy) is 2. The van der Waals surface area contributed by atoms with Gasteiger partial charge in [0.1, 0.15) is 11.5 Å². The van der Waals surface area contributed by atoms with Crippen molar-refractivity contribution in [3.63, 3.8) is 0 Å². The summed E-state index contributed by atoms with van der Waals surface area (Å²) in [4.78, 5) is 0. The smallest absolute Gasteiger partial charge is 0.118 e. The summed E-state index contributed by atoms with van der Waals surface area (Å²) in [6.07, 6.45) is 13.7. The van der Waals surface area contributed by atoms with Gasteiger partial charge in [-0.05, 0) is 125 Å². The van der Waals surface area contributed by atoms with Crippen LogP contribution in [0.25, 0.3) is 69.1 Å². The van der Waals surface area contributed by atoms with Gasteiger partial charge in [-0.2, -0.15) is 0 Å². The van der Waals surface area contributed by atoms with Crippen LogP contribution in [0, 0.1) is 0 Å². The van der Waals surface area contributed by atoms with E-state index in [-0.39, 0.29) is 0 Å². The van der Waals surface area contributed by atoms with Gasteiger partial charge in [-0.15, -0.1) is 0 Å². The maximum absolute atomic E-state index is 5.48. The Morgan fingerprint density at radius 3 is 0.919 bits per heavy atom. The molecule has 0 amide bonds. The van der Waals surface area contributed by atoms with Gasteiger partial charge in [0.15, 0.2) is 0 Å². The Balaban J connectivity index is 1.12. The van der Waals surface area contributed by atoms with Crippen LogP contribution >= 0.6 is 0 Å². The first-order valence-corrected chi connectivity index (χ1v) is 21.0. The van der Waals surface area contributed by atoms with Crippen molar-refractivity contribution < 1.29 is 9.47 Å². The fourth-order valence-electron chi connectivity index (χ4n) is 8.24. The first kappa shape index (κ1) is 39.5. The van der Waals surface area contributed by atoms with Crippen molar-refractivity contribution in [3.05, 3.63) is 262 Å². The van der Waals surface area contributed by atoms with Crippen molar-refractivity contribution >= 4 is 69.1 Å². The van der Waals surface area contributed by atoms with Crippen molar-refractivity contribution in [1.29, 1.82) is 0 Å². The number of hydrogen-bond acceptors (Lipinski definition) is 2. The Hall–Kier alpha value is -7.94. The van der Waals surface area contributed by atoms with Crippen LogP contribution in [0.5, 0.6) is 11.5 Å². The summed E-state index contributed by atoms with van der Waals surface area (Å²) in [5, 5.41) is 4.82. The van der Waals surface area contributed by atoms with Gasteiger partial charge in [0.2, 0.25) is 0 Å². The average molecular weight is 799 g/mol. The van der Waals surface area contributed by atoms with E-state index in [0.717, 1.165) is 67.2 Å². The zero-order valence-corrected chi connectivity index (χ0v) is 34.9. The van der Waals surface area contributed by atoms with Crippen LogP contribution in [0.1, 0.15) is 55.6 Å². The van der Waals surface area contributed by atoms with E-state index >= 15 is 0 Å². The number of benzene rings is 9. The van der Waals surface area contributed by atoms with Crippen LogP contribution in [0.15, 0.2) is 206 Å². The minimum Gasteiger partial charge on any atom is -0.497 e. The van der Waals surface area contributed by atoms with Gasteiger partial charge in [0.25, 0.3) is 0 Å². The van der Waals surface area contributed by atoms with E-state index < -0.39 is 0 Å². The standard InChI is InChI=1S/C60H46O2/c1-61-51-35-29-47(30-36-51)59(45-19-5-3-6-20-45)41-49-23-11-9-17-43(49)33-39-57-53-25-13-15-27-55(53)58(56-28-16-14-26-54(56)57)40-34-44-18-10-12-24-50(44)42-60(46-21-7-4-8-22-46)48-31-37-52(62-2)38-32-48/h3-42H,1-2H3/b39-33?,40-34?,59-41-,60-42-. The molecule has 0 aromatic heterocycles. The molecule has 62 heavy (non-hydrogen) atoms. The average Bonchev–Trinajstić information content (AvgIpc) is 3.34. The molecule has 0 saturated carbocycles. The second-order valence-electron chi connectivity index (χ2n) is 15.1. The Morgan fingerprint density at radius 2 is 0.581 bits per heavy atom. The van der Waals surface area contributed by atoms with Crippen LogP contribution in [0.3, 0.4) is 0 Å². The summed E-state index contributed by atoms with van der Waals surface area (Å²) in [7, 11) is 3.41. The third kappa shape index (κ3) is 8.54. The molecule has 2 nitrogen and oxygen atoms in total. The highest BCUT2D eigenvalue weighted by atomic mass is 16.5. The van der Waals surface area contributed by atoms with Crippen molar-refractivity contribution in [2.75, 3.05) is 14.2 Å². The summed E-state index contributed by atoms with van der Waals surface area (Å²) < 4.78 is 11.0. The second-order valence-corrected chi connectivity index (χ2v) is 15.1. The molecule has 0 atom stereocenters. The molecule has 2 heteroatoms. The van der Waals surface area contributed by atoms with Gasteiger partial charge >= 0.3 is 0 Å². The first-order chi connectivity index (χ1) is 30.7. The lowest BCUT2D eigenvalue weighted by Gasteiger charge is -2.14. The van der Waals surface area contributed by atoms with Gasteiger partial charge in [-0.25, -0.2) is 0 Å². The van der Waals surface area contributed by atoms with Gasteiger partial charge in [-0.1, -0.05) is 206 Å². The summed E-state index contributed by atoms with van der Waals surface area (Å²) >= 11 is 0. The van der Waals surface area contributed by atoms with Gasteiger partial charge < -0.3 is 9.47 Å². The molecule has 0 heterocycles. The number of methoxy groups -OCH3 is 2. The van der Waals surface area contributed by atoms with E-state index in [1.165, 1.54) is 32.7 Å². The highest BCUT2D eigenvalue weighted by Crippen LogP contribution is 2.37. The molecule has 0 unspecified atom stereocenters. The lowest BCUT2D eigenvalue weighted by atomic mass is 9.90. The van der Waals surface area contributed by atoms with Gasteiger partial charge in [0.05, 0.1) is 14.2 Å². The summed E-state index contributed by atoms with van der Waals surface area (Å²) in [6.45, 7) is 0. The summed E-state index contributed by atoms with van der Waals surface area (Å²) in [5.41, 5.74) is 13.8. The molecule has 0 aliphatic rings. The molecule has 0 N–H and O–H groups in total. The van der Waals surface area contributed by atoms with Crippen molar-refractivity contribution in [3.8, 4) is 11.5 Å².